The number of alkyl halides is 3. The largest absolute Gasteiger partial charge is 0.573 e. The number of rotatable bonds is 4. The Morgan fingerprint density at radius 1 is 1.32 bits per heavy atom. The summed E-state index contributed by atoms with van der Waals surface area (Å²) in [7, 11) is 0. The number of nitrogens with one attached hydrogen (secondary N) is 2. The minimum atomic E-state index is -4.83. The highest BCUT2D eigenvalue weighted by molar-refractivity contribution is 8.00. The van der Waals surface area contributed by atoms with Crippen LogP contribution in [0.15, 0.2) is 35.4 Å². The lowest BCUT2D eigenvalue weighted by Gasteiger charge is -2.14. The molecule has 0 radical (unpaired) electrons. The first kappa shape index (κ1) is 19.0. The van der Waals surface area contributed by atoms with Gasteiger partial charge in [-0.05, 0) is 49.1 Å². The number of amides is 1. The third-order valence-corrected chi connectivity index (χ3v) is 5.34. The molecule has 6 nitrogen and oxygen atoms in total. The van der Waals surface area contributed by atoms with Crippen LogP contribution in [0.2, 0.25) is 5.02 Å². The van der Waals surface area contributed by atoms with Gasteiger partial charge in [0.15, 0.2) is 0 Å². The Bertz CT molecular complexity index is 938. The molecule has 2 aromatic rings. The molecule has 1 aromatic heterocycles. The smallest absolute Gasteiger partial charge is 0.475 e. The molecule has 2 aliphatic rings. The predicted molar refractivity (Wildman–Crippen MR) is 96.8 cm³/mol. The Hall–Kier alpha value is -2.33. The summed E-state index contributed by atoms with van der Waals surface area (Å²) in [5.41, 5.74) is 0.351. The van der Waals surface area contributed by atoms with Crippen LogP contribution in [0.1, 0.15) is 23.2 Å². The Morgan fingerprint density at radius 3 is 2.82 bits per heavy atom. The minimum Gasteiger partial charge on any atom is -0.475 e. The molecule has 148 valence electrons. The van der Waals surface area contributed by atoms with Gasteiger partial charge in [0, 0.05) is 5.02 Å². The fourth-order valence-electron chi connectivity index (χ4n) is 2.64. The highest BCUT2D eigenvalue weighted by Crippen LogP contribution is 2.39. The molecule has 0 saturated heterocycles. The summed E-state index contributed by atoms with van der Waals surface area (Å²) < 4.78 is 50.2. The molecule has 1 aliphatic heterocycles. The molecule has 1 aliphatic carbocycles. The van der Waals surface area contributed by atoms with Crippen molar-refractivity contribution in [1.29, 1.82) is 0 Å². The van der Waals surface area contributed by atoms with E-state index in [9.17, 15) is 18.0 Å². The topological polar surface area (TPSA) is 72.5 Å². The van der Waals surface area contributed by atoms with Crippen LogP contribution in [0.3, 0.4) is 0 Å². The molecule has 1 amide bonds. The van der Waals surface area contributed by atoms with Crippen molar-refractivity contribution in [2.24, 2.45) is 0 Å². The summed E-state index contributed by atoms with van der Waals surface area (Å²) in [6.45, 7) is 0.362. The van der Waals surface area contributed by atoms with E-state index < -0.39 is 12.1 Å². The summed E-state index contributed by atoms with van der Waals surface area (Å²) in [6, 6.07) is 5.29. The highest BCUT2D eigenvalue weighted by atomic mass is 35.5. The molecule has 2 heterocycles. The number of halogens is 4. The number of benzene rings is 1. The number of aromatic nitrogens is 1. The molecular formula is C17H13ClF3N3O3S. The first-order chi connectivity index (χ1) is 13.2. The third kappa shape index (κ3) is 4.22. The van der Waals surface area contributed by atoms with Crippen molar-refractivity contribution in [3.8, 4) is 11.6 Å². The molecule has 0 bridgehead atoms. The number of hydrogen-bond acceptors (Lipinski definition) is 6. The number of carbonyl (C=O) groups is 1. The van der Waals surface area contributed by atoms with Crippen molar-refractivity contribution in [3.63, 3.8) is 0 Å². The molecular weight excluding hydrogens is 419 g/mol. The Labute approximate surface area is 166 Å². The van der Waals surface area contributed by atoms with Crippen LogP contribution in [0, 0.1) is 0 Å². The third-order valence-electron chi connectivity index (χ3n) is 4.22. The van der Waals surface area contributed by atoms with Crippen molar-refractivity contribution < 1.29 is 27.4 Å². The van der Waals surface area contributed by atoms with E-state index in [1.165, 1.54) is 24.4 Å². The molecule has 28 heavy (non-hydrogen) atoms. The second-order valence-corrected chi connectivity index (χ2v) is 7.73. The first-order valence-electron chi connectivity index (χ1n) is 8.17. The standard InChI is InChI=1S/C17H13ClF3N3O3S/c18-9-1-2-12(27-17(19,20)21)13(5-9)28-24-10-6-11-14(25)23-16(3-4-16)8-26-15(11)22-7-10/h1-2,5-7,24H,3-4,8H2,(H,23,25). The van der Waals surface area contributed by atoms with Crippen molar-refractivity contribution in [3.05, 3.63) is 41.0 Å². The fraction of sp³-hybridized carbons (Fsp3) is 0.294. The van der Waals surface area contributed by atoms with Gasteiger partial charge in [-0.25, -0.2) is 4.98 Å². The molecule has 0 atom stereocenters. The zero-order valence-corrected chi connectivity index (χ0v) is 15.7. The van der Waals surface area contributed by atoms with Crippen LogP contribution in [0.4, 0.5) is 18.9 Å². The molecule has 1 spiro atoms. The van der Waals surface area contributed by atoms with Crippen LogP contribution in [-0.4, -0.2) is 29.4 Å². The summed E-state index contributed by atoms with van der Waals surface area (Å²) in [5.74, 6) is -0.468. The molecule has 1 aromatic carbocycles. The minimum absolute atomic E-state index is 0.123. The van der Waals surface area contributed by atoms with Gasteiger partial charge in [-0.2, -0.15) is 0 Å². The number of ether oxygens (including phenoxy) is 2. The predicted octanol–water partition coefficient (Wildman–Crippen LogP) is 4.41. The monoisotopic (exact) mass is 431 g/mol. The molecule has 2 N–H and O–H groups in total. The van der Waals surface area contributed by atoms with Crippen LogP contribution in [0.5, 0.6) is 11.6 Å². The second-order valence-electron chi connectivity index (χ2n) is 6.44. The van der Waals surface area contributed by atoms with Crippen LogP contribution in [0.25, 0.3) is 0 Å². The average Bonchev–Trinajstić information content (AvgIpc) is 3.40. The maximum Gasteiger partial charge on any atom is 0.573 e. The Kier molecular flexibility index (Phi) is 4.70. The van der Waals surface area contributed by atoms with Gasteiger partial charge in [-0.15, -0.1) is 13.2 Å². The number of nitrogens with zero attached hydrogens (tertiary/aromatic N) is 1. The molecule has 0 unspecified atom stereocenters. The quantitative estimate of drug-likeness (QED) is 0.699. The van der Waals surface area contributed by atoms with Gasteiger partial charge in [0.25, 0.3) is 5.91 Å². The van der Waals surface area contributed by atoms with Crippen LogP contribution in [-0.2, 0) is 0 Å². The zero-order valence-electron chi connectivity index (χ0n) is 14.1. The van der Waals surface area contributed by atoms with Gasteiger partial charge >= 0.3 is 6.36 Å². The van der Waals surface area contributed by atoms with Gasteiger partial charge in [-0.1, -0.05) is 11.6 Å². The summed E-state index contributed by atoms with van der Waals surface area (Å²) in [4.78, 5) is 16.7. The maximum absolute atomic E-state index is 12.6. The first-order valence-corrected chi connectivity index (χ1v) is 9.36. The van der Waals surface area contributed by atoms with Gasteiger partial charge in [0.2, 0.25) is 5.88 Å². The lowest BCUT2D eigenvalue weighted by atomic mass is 10.2. The number of anilines is 1. The molecule has 11 heteroatoms. The van der Waals surface area contributed by atoms with Gasteiger partial charge in [-0.3, -0.25) is 4.79 Å². The number of hydrogen-bond donors (Lipinski definition) is 2. The van der Waals surface area contributed by atoms with Gasteiger partial charge < -0.3 is 19.5 Å². The van der Waals surface area contributed by atoms with Crippen molar-refractivity contribution in [2.75, 3.05) is 11.3 Å². The van der Waals surface area contributed by atoms with E-state index in [-0.39, 0.29) is 32.8 Å². The van der Waals surface area contributed by atoms with E-state index >= 15 is 0 Å². The van der Waals surface area contributed by atoms with Crippen LogP contribution >= 0.6 is 23.5 Å². The van der Waals surface area contributed by atoms with Crippen LogP contribution < -0.4 is 19.5 Å². The SMILES string of the molecule is O=C1NC2(CC2)COc2ncc(NSc3cc(Cl)ccc3OC(F)(F)F)cc21. The number of pyridine rings is 1. The summed E-state index contributed by atoms with van der Waals surface area (Å²) >= 11 is 6.73. The maximum atomic E-state index is 12.6. The average molecular weight is 432 g/mol. The lowest BCUT2D eigenvalue weighted by Crippen LogP contribution is -2.38. The molecule has 1 fully saturated rings. The second kappa shape index (κ2) is 6.93. The summed E-state index contributed by atoms with van der Waals surface area (Å²) in [6.07, 6.45) is -1.70. The van der Waals surface area contributed by atoms with E-state index in [4.69, 9.17) is 16.3 Å². The van der Waals surface area contributed by atoms with E-state index in [2.05, 4.69) is 19.8 Å². The van der Waals surface area contributed by atoms with Gasteiger partial charge in [0.05, 0.1) is 22.3 Å². The van der Waals surface area contributed by atoms with Gasteiger partial charge in [0.1, 0.15) is 17.9 Å². The molecule has 1 saturated carbocycles. The fourth-order valence-corrected chi connectivity index (χ4v) is 3.61. The number of carbonyl (C=O) groups excluding carboxylic acids is 1. The highest BCUT2D eigenvalue weighted by Gasteiger charge is 2.47. The normalized spacial score (nSPS) is 17.2. The van der Waals surface area contributed by atoms with E-state index in [0.29, 0.717) is 12.3 Å². The number of fused-ring (bicyclic) bond motifs is 1. The Morgan fingerprint density at radius 2 is 2.11 bits per heavy atom. The van der Waals surface area contributed by atoms with E-state index in [0.717, 1.165) is 30.9 Å². The van der Waals surface area contributed by atoms with E-state index in [1.54, 1.807) is 0 Å². The van der Waals surface area contributed by atoms with E-state index in [1.807, 2.05) is 0 Å². The van der Waals surface area contributed by atoms with Crippen molar-refractivity contribution in [2.45, 2.75) is 29.6 Å². The van der Waals surface area contributed by atoms with Crippen molar-refractivity contribution >= 4 is 35.1 Å². The Balaban J connectivity index is 1.52. The lowest BCUT2D eigenvalue weighted by molar-refractivity contribution is -0.275. The summed E-state index contributed by atoms with van der Waals surface area (Å²) in [5, 5.41) is 3.18. The zero-order chi connectivity index (χ0) is 19.9. The van der Waals surface area contributed by atoms with Crippen molar-refractivity contribution in [1.82, 2.24) is 10.3 Å². The molecule has 4 rings (SSSR count).